The number of aryl methyl sites for hydroxylation is 1. The molecule has 1 aromatic heterocycles. The summed E-state index contributed by atoms with van der Waals surface area (Å²) in [6.07, 6.45) is 3.82. The van der Waals surface area contributed by atoms with Crippen molar-refractivity contribution in [2.45, 2.75) is 46.7 Å². The molecular formula is C13H26N4O. The van der Waals surface area contributed by atoms with E-state index in [1.807, 2.05) is 4.68 Å². The summed E-state index contributed by atoms with van der Waals surface area (Å²) in [4.78, 5) is 4.24. The highest BCUT2D eigenvalue weighted by atomic mass is 16.5. The molecule has 5 nitrogen and oxygen atoms in total. The predicted octanol–water partition coefficient (Wildman–Crippen LogP) is 1.84. The fourth-order valence-electron chi connectivity index (χ4n) is 1.59. The second-order valence-electron chi connectivity index (χ2n) is 4.87. The van der Waals surface area contributed by atoms with Gasteiger partial charge in [0.2, 0.25) is 0 Å². The van der Waals surface area contributed by atoms with Crippen LogP contribution in [-0.2, 0) is 17.8 Å². The molecule has 1 N–H and O–H groups in total. The smallest absolute Gasteiger partial charge is 0.140 e. The van der Waals surface area contributed by atoms with Crippen LogP contribution >= 0.6 is 0 Å². The molecule has 0 atom stereocenters. The van der Waals surface area contributed by atoms with Crippen molar-refractivity contribution in [3.63, 3.8) is 0 Å². The van der Waals surface area contributed by atoms with Gasteiger partial charge in [0.1, 0.15) is 12.2 Å². The minimum absolute atomic E-state index is 0.713. The molecule has 0 unspecified atom stereocenters. The Morgan fingerprint density at radius 1 is 1.39 bits per heavy atom. The number of rotatable bonds is 10. The van der Waals surface area contributed by atoms with Gasteiger partial charge in [0.25, 0.3) is 0 Å². The summed E-state index contributed by atoms with van der Waals surface area (Å²) in [5.41, 5.74) is 0. The van der Waals surface area contributed by atoms with Crippen molar-refractivity contribution in [2.24, 2.45) is 5.92 Å². The van der Waals surface area contributed by atoms with Gasteiger partial charge >= 0.3 is 0 Å². The van der Waals surface area contributed by atoms with Gasteiger partial charge in [0.05, 0.1) is 13.2 Å². The van der Waals surface area contributed by atoms with Crippen LogP contribution < -0.4 is 5.32 Å². The van der Waals surface area contributed by atoms with Crippen molar-refractivity contribution in [2.75, 3.05) is 19.8 Å². The van der Waals surface area contributed by atoms with Crippen LogP contribution in [0.25, 0.3) is 0 Å². The fraction of sp³-hybridized carbons (Fsp3) is 0.846. The van der Waals surface area contributed by atoms with Crippen molar-refractivity contribution < 1.29 is 4.74 Å². The van der Waals surface area contributed by atoms with Crippen molar-refractivity contribution in [1.82, 2.24) is 20.1 Å². The Morgan fingerprint density at radius 2 is 2.22 bits per heavy atom. The van der Waals surface area contributed by atoms with E-state index in [1.54, 1.807) is 6.33 Å². The molecule has 1 aromatic rings. The van der Waals surface area contributed by atoms with Gasteiger partial charge in [-0.3, -0.25) is 0 Å². The predicted molar refractivity (Wildman–Crippen MR) is 72.3 cm³/mol. The monoisotopic (exact) mass is 254 g/mol. The van der Waals surface area contributed by atoms with Crippen LogP contribution in [0.4, 0.5) is 0 Å². The van der Waals surface area contributed by atoms with Gasteiger partial charge in [-0.1, -0.05) is 20.8 Å². The minimum Gasteiger partial charge on any atom is -0.380 e. The van der Waals surface area contributed by atoms with E-state index in [2.05, 4.69) is 36.2 Å². The van der Waals surface area contributed by atoms with Gasteiger partial charge in [-0.2, -0.15) is 5.10 Å². The number of aromatic nitrogens is 3. The molecule has 0 fully saturated rings. The summed E-state index contributed by atoms with van der Waals surface area (Å²) >= 11 is 0. The quantitative estimate of drug-likeness (QED) is 0.647. The first-order valence-electron chi connectivity index (χ1n) is 6.89. The third kappa shape index (κ3) is 6.12. The van der Waals surface area contributed by atoms with Crippen LogP contribution in [0.3, 0.4) is 0 Å². The number of nitrogens with one attached hydrogen (secondary N) is 1. The highest BCUT2D eigenvalue weighted by Gasteiger charge is 2.02. The first-order chi connectivity index (χ1) is 8.74. The Kier molecular flexibility index (Phi) is 7.60. The summed E-state index contributed by atoms with van der Waals surface area (Å²) in [5, 5.41) is 7.51. The van der Waals surface area contributed by atoms with Crippen molar-refractivity contribution >= 4 is 0 Å². The zero-order valence-corrected chi connectivity index (χ0v) is 11.9. The summed E-state index contributed by atoms with van der Waals surface area (Å²) in [7, 11) is 0. The minimum atomic E-state index is 0.713. The molecule has 5 heteroatoms. The number of ether oxygens (including phenoxy) is 1. The van der Waals surface area contributed by atoms with Gasteiger partial charge in [0.15, 0.2) is 0 Å². The van der Waals surface area contributed by atoms with Crippen LogP contribution in [0.15, 0.2) is 6.33 Å². The van der Waals surface area contributed by atoms with Crippen LogP contribution in [0.1, 0.15) is 39.4 Å². The third-order valence-electron chi connectivity index (χ3n) is 2.68. The summed E-state index contributed by atoms with van der Waals surface area (Å²) in [6.45, 7) is 10.7. The molecule has 0 radical (unpaired) electrons. The molecule has 0 aliphatic heterocycles. The second kappa shape index (κ2) is 9.05. The van der Waals surface area contributed by atoms with Gasteiger partial charge < -0.3 is 10.1 Å². The molecule has 104 valence electrons. The second-order valence-corrected chi connectivity index (χ2v) is 4.87. The molecule has 0 aliphatic carbocycles. The first kappa shape index (κ1) is 15.1. The molecule has 0 saturated carbocycles. The lowest BCUT2D eigenvalue weighted by Crippen LogP contribution is -2.22. The third-order valence-corrected chi connectivity index (χ3v) is 2.68. The normalized spacial score (nSPS) is 11.3. The number of nitrogens with zero attached hydrogens (tertiary/aromatic N) is 3. The molecule has 0 bridgehead atoms. The largest absolute Gasteiger partial charge is 0.380 e. The van der Waals surface area contributed by atoms with Crippen molar-refractivity contribution in [3.05, 3.63) is 12.2 Å². The maximum absolute atomic E-state index is 5.54. The highest BCUT2D eigenvalue weighted by molar-refractivity contribution is 4.83. The van der Waals surface area contributed by atoms with Crippen LogP contribution in [0.2, 0.25) is 0 Å². The van der Waals surface area contributed by atoms with Gasteiger partial charge in [-0.05, 0) is 18.8 Å². The summed E-state index contributed by atoms with van der Waals surface area (Å²) in [5.74, 6) is 1.71. The van der Waals surface area contributed by atoms with Crippen molar-refractivity contribution in [1.29, 1.82) is 0 Å². The maximum Gasteiger partial charge on any atom is 0.140 e. The average molecular weight is 254 g/mol. The molecule has 0 spiro atoms. The molecule has 0 saturated heterocycles. The summed E-state index contributed by atoms with van der Waals surface area (Å²) < 4.78 is 7.49. The topological polar surface area (TPSA) is 52.0 Å². The Morgan fingerprint density at radius 3 is 2.94 bits per heavy atom. The van der Waals surface area contributed by atoms with Crippen LogP contribution in [-0.4, -0.2) is 34.5 Å². The van der Waals surface area contributed by atoms with E-state index in [1.165, 1.54) is 0 Å². The fourth-order valence-corrected chi connectivity index (χ4v) is 1.59. The van der Waals surface area contributed by atoms with E-state index in [4.69, 9.17) is 4.74 Å². The molecule has 18 heavy (non-hydrogen) atoms. The Balaban J connectivity index is 2.05. The molecular weight excluding hydrogens is 228 g/mol. The molecule has 1 rings (SSSR count). The summed E-state index contributed by atoms with van der Waals surface area (Å²) in [6, 6.07) is 0. The highest BCUT2D eigenvalue weighted by Crippen LogP contribution is 1.98. The molecule has 1 heterocycles. The zero-order chi connectivity index (χ0) is 13.2. The van der Waals surface area contributed by atoms with E-state index in [0.717, 1.165) is 51.5 Å². The Hall–Kier alpha value is -0.940. The maximum atomic E-state index is 5.54. The molecule has 0 aliphatic rings. The van der Waals surface area contributed by atoms with E-state index in [-0.39, 0.29) is 0 Å². The zero-order valence-electron chi connectivity index (χ0n) is 11.9. The van der Waals surface area contributed by atoms with Gasteiger partial charge in [-0.25, -0.2) is 9.67 Å². The lowest BCUT2D eigenvalue weighted by Gasteiger charge is -2.08. The van der Waals surface area contributed by atoms with Crippen LogP contribution in [0.5, 0.6) is 0 Å². The lowest BCUT2D eigenvalue weighted by atomic mass is 10.1. The average Bonchev–Trinajstić information content (AvgIpc) is 2.76. The van der Waals surface area contributed by atoms with E-state index in [9.17, 15) is 0 Å². The lowest BCUT2D eigenvalue weighted by molar-refractivity contribution is 0.125. The van der Waals surface area contributed by atoms with Crippen LogP contribution in [0, 0.1) is 5.92 Å². The number of hydrogen-bond donors (Lipinski definition) is 1. The Labute approximate surface area is 110 Å². The van der Waals surface area contributed by atoms with E-state index >= 15 is 0 Å². The Bertz CT molecular complexity index is 312. The molecule has 0 aromatic carbocycles. The van der Waals surface area contributed by atoms with Crippen molar-refractivity contribution in [3.8, 4) is 0 Å². The SMILES string of the molecule is CCCn1ncnc1CNCCOCCC(C)C. The van der Waals surface area contributed by atoms with E-state index < -0.39 is 0 Å². The first-order valence-corrected chi connectivity index (χ1v) is 6.89. The number of hydrogen-bond acceptors (Lipinski definition) is 4. The standard InChI is InChI=1S/C13H26N4O/c1-4-7-17-13(15-11-16-17)10-14-6-9-18-8-5-12(2)3/h11-12,14H,4-10H2,1-3H3. The van der Waals surface area contributed by atoms with Gasteiger partial charge in [-0.15, -0.1) is 0 Å². The van der Waals surface area contributed by atoms with Gasteiger partial charge in [0, 0.05) is 19.7 Å². The van der Waals surface area contributed by atoms with E-state index in [0.29, 0.717) is 5.92 Å². The molecule has 0 amide bonds.